The fourth-order valence-corrected chi connectivity index (χ4v) is 1.84. The van der Waals surface area contributed by atoms with E-state index in [0.29, 0.717) is 0 Å². The number of rotatable bonds is 0. The first-order chi connectivity index (χ1) is 6.00. The number of hydrogen-bond donors (Lipinski definition) is 1. The number of halogens is 3. The Kier molecular flexibility index (Phi) is 6.53. The van der Waals surface area contributed by atoms with E-state index in [1.165, 1.54) is 0 Å². The Morgan fingerprint density at radius 1 is 1.25 bits per heavy atom. The van der Waals surface area contributed by atoms with Crippen molar-refractivity contribution in [2.45, 2.75) is 25.8 Å². The molecule has 1 aliphatic heterocycles. The Morgan fingerprint density at radius 3 is 2.38 bits per heavy atom. The summed E-state index contributed by atoms with van der Waals surface area (Å²) in [6, 6.07) is 3.47. The van der Waals surface area contributed by atoms with Crippen molar-refractivity contribution >= 4 is 42.9 Å². The first kappa shape index (κ1) is 18.0. The molecule has 0 saturated carbocycles. The molecule has 0 unspecified atom stereocenters. The average Bonchev–Trinajstić information content (AvgIpc) is 2.22. The first-order valence-electron chi connectivity index (χ1n) is 4.47. The van der Waals surface area contributed by atoms with Crippen molar-refractivity contribution in [1.82, 2.24) is 4.98 Å². The van der Waals surface area contributed by atoms with E-state index < -0.39 is 0 Å². The number of pyridine rings is 1. The molecule has 0 saturated heterocycles. The Labute approximate surface area is 114 Å². The highest BCUT2D eigenvalue weighted by Gasteiger charge is 2.33. The molecule has 0 bridgehead atoms. The first-order valence-corrected chi connectivity index (χ1v) is 4.47. The molecule has 3 nitrogen and oxygen atoms in total. The number of nitrogens with zero attached hydrogens (tertiary/aromatic N) is 1. The minimum Gasteiger partial charge on any atom is -0.368 e. The van der Waals surface area contributed by atoms with Gasteiger partial charge in [0.1, 0.15) is 0 Å². The Morgan fingerprint density at radius 2 is 1.81 bits per heavy atom. The second-order valence-corrected chi connectivity index (χ2v) is 4.23. The fraction of sp³-hybridized carbons (Fsp3) is 0.500. The largest absolute Gasteiger partial charge is 0.368 e. The van der Waals surface area contributed by atoms with Gasteiger partial charge in [-0.15, -0.1) is 37.2 Å². The molecule has 1 aromatic heterocycles. The van der Waals surface area contributed by atoms with Crippen LogP contribution in [0.4, 0.5) is 5.69 Å². The molecule has 0 fully saturated rings. The van der Waals surface area contributed by atoms with E-state index in [2.05, 4.69) is 30.8 Å². The van der Waals surface area contributed by atoms with Crippen LogP contribution >= 0.6 is 37.2 Å². The SMILES string of the molecule is CN1c2ccc(=O)[nH]c2CC1(C)C.Cl.Cl.Cl. The maximum Gasteiger partial charge on any atom is 0.248 e. The van der Waals surface area contributed by atoms with Crippen molar-refractivity contribution in [3.63, 3.8) is 0 Å². The minimum absolute atomic E-state index is 0. The molecular weight excluding hydrogens is 270 g/mol. The molecule has 16 heavy (non-hydrogen) atoms. The number of anilines is 1. The van der Waals surface area contributed by atoms with E-state index in [-0.39, 0.29) is 48.3 Å². The number of likely N-dealkylation sites (N-methyl/N-ethyl adjacent to an activating group) is 1. The number of fused-ring (bicyclic) bond motifs is 1. The van der Waals surface area contributed by atoms with Crippen LogP contribution < -0.4 is 10.5 Å². The van der Waals surface area contributed by atoms with Crippen molar-refractivity contribution in [2.75, 3.05) is 11.9 Å². The monoisotopic (exact) mass is 286 g/mol. The molecule has 1 N–H and O–H groups in total. The van der Waals surface area contributed by atoms with E-state index >= 15 is 0 Å². The van der Waals surface area contributed by atoms with Crippen LogP contribution in [-0.2, 0) is 6.42 Å². The van der Waals surface area contributed by atoms with Gasteiger partial charge in [-0.25, -0.2) is 0 Å². The molecule has 0 aromatic carbocycles. The van der Waals surface area contributed by atoms with Gasteiger partial charge in [-0.1, -0.05) is 0 Å². The predicted octanol–water partition coefficient (Wildman–Crippen LogP) is 2.41. The number of aromatic amines is 1. The molecule has 1 aromatic rings. The van der Waals surface area contributed by atoms with Crippen LogP contribution in [-0.4, -0.2) is 17.6 Å². The van der Waals surface area contributed by atoms with Crippen molar-refractivity contribution in [3.8, 4) is 0 Å². The van der Waals surface area contributed by atoms with Crippen LogP contribution in [0, 0.1) is 0 Å². The lowest BCUT2D eigenvalue weighted by Crippen LogP contribution is -2.37. The van der Waals surface area contributed by atoms with Gasteiger partial charge in [0, 0.05) is 30.8 Å². The minimum atomic E-state index is -0.00940. The number of aromatic nitrogens is 1. The third-order valence-corrected chi connectivity index (χ3v) is 2.85. The van der Waals surface area contributed by atoms with Gasteiger partial charge in [0.15, 0.2) is 0 Å². The predicted molar refractivity (Wildman–Crippen MR) is 75.0 cm³/mol. The van der Waals surface area contributed by atoms with E-state index in [1.807, 2.05) is 6.07 Å². The highest BCUT2D eigenvalue weighted by molar-refractivity contribution is 5.86. The summed E-state index contributed by atoms with van der Waals surface area (Å²) in [6.07, 6.45) is 0.912. The lowest BCUT2D eigenvalue weighted by Gasteiger charge is -2.29. The van der Waals surface area contributed by atoms with Gasteiger partial charge in [0.05, 0.1) is 5.69 Å². The van der Waals surface area contributed by atoms with Crippen LogP contribution in [0.1, 0.15) is 19.5 Å². The molecule has 94 valence electrons. The van der Waals surface area contributed by atoms with Crippen molar-refractivity contribution in [3.05, 3.63) is 28.2 Å². The third-order valence-electron chi connectivity index (χ3n) is 2.85. The summed E-state index contributed by atoms with van der Waals surface area (Å²) in [4.78, 5) is 16.2. The Balaban J connectivity index is 0. The Hall–Kier alpha value is -0.380. The van der Waals surface area contributed by atoms with Gasteiger partial charge < -0.3 is 9.88 Å². The van der Waals surface area contributed by atoms with Gasteiger partial charge in [-0.05, 0) is 19.9 Å². The standard InChI is InChI=1S/C10H14N2O.3ClH/c1-10(2)6-7-8(12(10)3)4-5-9(13)11-7;;;/h4-5H,6H2,1-3H3,(H,11,13);3*1H. The van der Waals surface area contributed by atoms with Gasteiger partial charge in [0.25, 0.3) is 0 Å². The zero-order chi connectivity index (χ0) is 9.64. The van der Waals surface area contributed by atoms with Crippen LogP contribution in [0.25, 0.3) is 0 Å². The lowest BCUT2D eigenvalue weighted by molar-refractivity contribution is 0.513. The summed E-state index contributed by atoms with van der Waals surface area (Å²) in [5.41, 5.74) is 2.31. The molecule has 0 radical (unpaired) electrons. The molecule has 2 rings (SSSR count). The summed E-state index contributed by atoms with van der Waals surface area (Å²) >= 11 is 0. The normalized spacial score (nSPS) is 15.3. The van der Waals surface area contributed by atoms with Crippen LogP contribution in [0.15, 0.2) is 16.9 Å². The van der Waals surface area contributed by atoms with E-state index in [4.69, 9.17) is 0 Å². The number of hydrogen-bond acceptors (Lipinski definition) is 2. The lowest BCUT2D eigenvalue weighted by atomic mass is 10.0. The second kappa shape index (κ2) is 5.80. The van der Waals surface area contributed by atoms with Crippen LogP contribution in [0.3, 0.4) is 0 Å². The highest BCUT2D eigenvalue weighted by Crippen LogP contribution is 2.34. The average molecular weight is 288 g/mol. The van der Waals surface area contributed by atoms with E-state index in [1.54, 1.807) is 6.07 Å². The van der Waals surface area contributed by atoms with E-state index in [0.717, 1.165) is 17.8 Å². The molecule has 0 aliphatic carbocycles. The third kappa shape index (κ3) is 2.84. The molecule has 0 atom stereocenters. The highest BCUT2D eigenvalue weighted by atomic mass is 35.5. The van der Waals surface area contributed by atoms with E-state index in [9.17, 15) is 4.79 Å². The molecule has 1 aliphatic rings. The van der Waals surface area contributed by atoms with Gasteiger partial charge >= 0.3 is 0 Å². The quantitative estimate of drug-likeness (QED) is 0.795. The molecule has 0 amide bonds. The van der Waals surface area contributed by atoms with Crippen LogP contribution in [0.2, 0.25) is 0 Å². The molecule has 6 heteroatoms. The summed E-state index contributed by atoms with van der Waals surface area (Å²) in [5, 5.41) is 0. The number of H-pyrrole nitrogens is 1. The summed E-state index contributed by atoms with van der Waals surface area (Å²) < 4.78 is 0. The molecule has 0 spiro atoms. The fourth-order valence-electron chi connectivity index (χ4n) is 1.84. The van der Waals surface area contributed by atoms with Crippen molar-refractivity contribution < 1.29 is 0 Å². The summed E-state index contributed by atoms with van der Waals surface area (Å²) in [7, 11) is 2.06. The smallest absolute Gasteiger partial charge is 0.248 e. The second-order valence-electron chi connectivity index (χ2n) is 4.23. The maximum atomic E-state index is 11.1. The zero-order valence-corrected chi connectivity index (χ0v) is 11.9. The number of nitrogens with one attached hydrogen (secondary N) is 1. The molecular formula is C10H17Cl3N2O. The van der Waals surface area contributed by atoms with Crippen LogP contribution in [0.5, 0.6) is 0 Å². The van der Waals surface area contributed by atoms with Gasteiger partial charge in [-0.3, -0.25) is 4.79 Å². The topological polar surface area (TPSA) is 36.1 Å². The molecule has 2 heterocycles. The Bertz CT molecular complexity index is 403. The van der Waals surface area contributed by atoms with Gasteiger partial charge in [-0.2, -0.15) is 0 Å². The summed E-state index contributed by atoms with van der Waals surface area (Å²) in [6.45, 7) is 4.34. The van der Waals surface area contributed by atoms with Gasteiger partial charge in [0.2, 0.25) is 5.56 Å². The zero-order valence-electron chi connectivity index (χ0n) is 9.44. The van der Waals surface area contributed by atoms with Crippen molar-refractivity contribution in [1.29, 1.82) is 0 Å². The summed E-state index contributed by atoms with van der Waals surface area (Å²) in [5.74, 6) is 0. The maximum absolute atomic E-state index is 11.1. The van der Waals surface area contributed by atoms with Crippen molar-refractivity contribution in [2.24, 2.45) is 0 Å².